The van der Waals surface area contributed by atoms with Gasteiger partial charge in [-0.25, -0.2) is 4.39 Å². The van der Waals surface area contributed by atoms with E-state index < -0.39 is 0 Å². The highest BCUT2D eigenvalue weighted by Crippen LogP contribution is 2.23. The van der Waals surface area contributed by atoms with Crippen LogP contribution in [0.1, 0.15) is 24.1 Å². The van der Waals surface area contributed by atoms with Gasteiger partial charge in [-0.3, -0.25) is 0 Å². The second-order valence-electron chi connectivity index (χ2n) is 4.57. The molecule has 0 aliphatic rings. The van der Waals surface area contributed by atoms with Gasteiger partial charge in [-0.05, 0) is 19.1 Å². The van der Waals surface area contributed by atoms with Crippen molar-refractivity contribution in [3.8, 4) is 11.5 Å². The van der Waals surface area contributed by atoms with E-state index in [4.69, 9.17) is 15.2 Å². The topological polar surface area (TPSA) is 44.5 Å². The van der Waals surface area contributed by atoms with Gasteiger partial charge in [-0.1, -0.05) is 24.3 Å². The summed E-state index contributed by atoms with van der Waals surface area (Å²) >= 11 is 0. The van der Waals surface area contributed by atoms with Crippen LogP contribution in [0.15, 0.2) is 42.5 Å². The Morgan fingerprint density at radius 3 is 2.60 bits per heavy atom. The van der Waals surface area contributed by atoms with E-state index in [2.05, 4.69) is 0 Å². The summed E-state index contributed by atoms with van der Waals surface area (Å²) < 4.78 is 24.6. The van der Waals surface area contributed by atoms with Gasteiger partial charge in [0, 0.05) is 23.2 Å². The summed E-state index contributed by atoms with van der Waals surface area (Å²) in [5.74, 6) is 0.871. The fraction of sp³-hybridized carbons (Fsp3) is 0.250. The van der Waals surface area contributed by atoms with Crippen molar-refractivity contribution in [2.45, 2.75) is 19.6 Å². The minimum atomic E-state index is -0.350. The molecule has 2 aromatic rings. The first-order valence-electron chi connectivity index (χ1n) is 6.41. The van der Waals surface area contributed by atoms with Crippen LogP contribution in [-0.4, -0.2) is 7.11 Å². The number of nitrogens with two attached hydrogens (primary N) is 1. The van der Waals surface area contributed by atoms with Gasteiger partial charge in [0.15, 0.2) is 0 Å². The highest BCUT2D eigenvalue weighted by atomic mass is 19.1. The smallest absolute Gasteiger partial charge is 0.131 e. The van der Waals surface area contributed by atoms with Crippen LogP contribution in [0.25, 0.3) is 0 Å². The first kappa shape index (κ1) is 14.3. The van der Waals surface area contributed by atoms with E-state index in [1.807, 2.05) is 24.3 Å². The third-order valence-corrected chi connectivity index (χ3v) is 3.05. The molecule has 2 N–H and O–H groups in total. The molecule has 0 spiro atoms. The Bertz CT molecular complexity index is 584. The number of halogens is 1. The van der Waals surface area contributed by atoms with E-state index in [0.29, 0.717) is 17.9 Å². The summed E-state index contributed by atoms with van der Waals surface area (Å²) in [6.07, 6.45) is 0. The maximum atomic E-state index is 13.8. The highest BCUT2D eigenvalue weighted by molar-refractivity contribution is 5.34. The monoisotopic (exact) mass is 275 g/mol. The second kappa shape index (κ2) is 6.39. The molecular weight excluding hydrogens is 257 g/mol. The van der Waals surface area contributed by atoms with Crippen molar-refractivity contribution in [2.24, 2.45) is 5.73 Å². The molecule has 0 saturated heterocycles. The average molecular weight is 275 g/mol. The number of benzene rings is 2. The maximum Gasteiger partial charge on any atom is 0.131 e. The van der Waals surface area contributed by atoms with Crippen LogP contribution in [0, 0.1) is 5.82 Å². The second-order valence-corrected chi connectivity index (χ2v) is 4.57. The van der Waals surface area contributed by atoms with Crippen molar-refractivity contribution in [3.63, 3.8) is 0 Å². The zero-order valence-corrected chi connectivity index (χ0v) is 11.6. The van der Waals surface area contributed by atoms with Gasteiger partial charge in [0.1, 0.15) is 23.9 Å². The Morgan fingerprint density at radius 1 is 1.20 bits per heavy atom. The van der Waals surface area contributed by atoms with Crippen LogP contribution in [0.3, 0.4) is 0 Å². The zero-order valence-electron chi connectivity index (χ0n) is 11.6. The SMILES string of the molecule is COc1ccccc1COc1ccc([C@H](C)N)c(F)c1. The Hall–Kier alpha value is -2.07. The molecule has 0 aromatic heterocycles. The predicted octanol–water partition coefficient (Wildman–Crippen LogP) is 3.43. The van der Waals surface area contributed by atoms with Crippen LogP contribution >= 0.6 is 0 Å². The molecule has 2 aromatic carbocycles. The maximum absolute atomic E-state index is 13.8. The summed E-state index contributed by atoms with van der Waals surface area (Å²) in [4.78, 5) is 0. The summed E-state index contributed by atoms with van der Waals surface area (Å²) in [5.41, 5.74) is 7.06. The van der Waals surface area contributed by atoms with Gasteiger partial charge in [0.25, 0.3) is 0 Å². The summed E-state index contributed by atoms with van der Waals surface area (Å²) in [5, 5.41) is 0. The molecule has 0 fully saturated rings. The van der Waals surface area contributed by atoms with E-state index in [9.17, 15) is 4.39 Å². The standard InChI is InChI=1S/C16H18FNO2/c1-11(18)14-8-7-13(9-15(14)17)20-10-12-5-3-4-6-16(12)19-2/h3-9,11H,10,18H2,1-2H3/t11-/m0/s1. The molecule has 4 heteroatoms. The Morgan fingerprint density at radius 2 is 1.95 bits per heavy atom. The van der Waals surface area contributed by atoms with E-state index in [1.165, 1.54) is 6.07 Å². The largest absolute Gasteiger partial charge is 0.496 e. The minimum Gasteiger partial charge on any atom is -0.496 e. The molecular formula is C16H18FNO2. The Balaban J connectivity index is 2.09. The summed E-state index contributed by atoms with van der Waals surface area (Å²) in [7, 11) is 1.61. The van der Waals surface area contributed by atoms with E-state index >= 15 is 0 Å². The quantitative estimate of drug-likeness (QED) is 0.909. The van der Waals surface area contributed by atoms with E-state index in [-0.39, 0.29) is 11.9 Å². The van der Waals surface area contributed by atoms with Crippen LogP contribution in [0.4, 0.5) is 4.39 Å². The van der Waals surface area contributed by atoms with E-state index in [0.717, 1.165) is 11.3 Å². The molecule has 1 atom stereocenters. The Labute approximate surface area is 118 Å². The molecule has 0 bridgehead atoms. The molecule has 0 heterocycles. The molecule has 0 unspecified atom stereocenters. The minimum absolute atomic E-state index is 0.320. The fourth-order valence-corrected chi connectivity index (χ4v) is 1.95. The Kier molecular flexibility index (Phi) is 4.58. The van der Waals surface area contributed by atoms with Crippen LogP contribution in [0.2, 0.25) is 0 Å². The first-order chi connectivity index (χ1) is 9.61. The summed E-state index contributed by atoms with van der Waals surface area (Å²) in [6.45, 7) is 2.06. The lowest BCUT2D eigenvalue weighted by Crippen LogP contribution is -2.07. The van der Waals surface area contributed by atoms with Gasteiger partial charge in [0.2, 0.25) is 0 Å². The highest BCUT2D eigenvalue weighted by Gasteiger charge is 2.09. The lowest BCUT2D eigenvalue weighted by atomic mass is 10.1. The lowest BCUT2D eigenvalue weighted by Gasteiger charge is -2.12. The number of hydrogen-bond acceptors (Lipinski definition) is 3. The first-order valence-corrected chi connectivity index (χ1v) is 6.41. The third-order valence-electron chi connectivity index (χ3n) is 3.05. The van der Waals surface area contributed by atoms with Crippen LogP contribution in [-0.2, 0) is 6.61 Å². The van der Waals surface area contributed by atoms with Gasteiger partial charge in [0.05, 0.1) is 7.11 Å². The molecule has 3 nitrogen and oxygen atoms in total. The van der Waals surface area contributed by atoms with Gasteiger partial charge < -0.3 is 15.2 Å². The third kappa shape index (κ3) is 3.27. The number of methoxy groups -OCH3 is 1. The van der Waals surface area contributed by atoms with Gasteiger partial charge in [-0.2, -0.15) is 0 Å². The van der Waals surface area contributed by atoms with Crippen molar-refractivity contribution >= 4 is 0 Å². The number of hydrogen-bond donors (Lipinski definition) is 1. The van der Waals surface area contributed by atoms with Crippen LogP contribution in [0.5, 0.6) is 11.5 Å². The molecule has 2 rings (SSSR count). The molecule has 0 saturated carbocycles. The fourth-order valence-electron chi connectivity index (χ4n) is 1.95. The van der Waals surface area contributed by atoms with E-state index in [1.54, 1.807) is 26.2 Å². The van der Waals surface area contributed by atoms with Crippen molar-refractivity contribution in [3.05, 3.63) is 59.4 Å². The number of ether oxygens (including phenoxy) is 2. The zero-order chi connectivity index (χ0) is 14.5. The van der Waals surface area contributed by atoms with Crippen molar-refractivity contribution in [2.75, 3.05) is 7.11 Å². The van der Waals surface area contributed by atoms with Gasteiger partial charge in [-0.15, -0.1) is 0 Å². The van der Waals surface area contributed by atoms with Crippen molar-refractivity contribution < 1.29 is 13.9 Å². The van der Waals surface area contributed by atoms with Crippen LogP contribution < -0.4 is 15.2 Å². The molecule has 0 aliphatic heterocycles. The average Bonchev–Trinajstić information content (AvgIpc) is 2.45. The normalized spacial score (nSPS) is 12.0. The van der Waals surface area contributed by atoms with Gasteiger partial charge >= 0.3 is 0 Å². The molecule has 0 radical (unpaired) electrons. The molecule has 0 amide bonds. The van der Waals surface area contributed by atoms with Crippen molar-refractivity contribution in [1.29, 1.82) is 0 Å². The number of rotatable bonds is 5. The lowest BCUT2D eigenvalue weighted by molar-refractivity contribution is 0.295. The molecule has 106 valence electrons. The summed E-state index contributed by atoms with van der Waals surface area (Å²) in [6, 6.07) is 12.0. The van der Waals surface area contributed by atoms with Crippen molar-refractivity contribution in [1.82, 2.24) is 0 Å². The number of para-hydroxylation sites is 1. The predicted molar refractivity (Wildman–Crippen MR) is 76.3 cm³/mol. The molecule has 20 heavy (non-hydrogen) atoms. The molecule has 0 aliphatic carbocycles.